The molecule has 1 saturated heterocycles. The molecule has 1 amide bonds. The Hall–Kier alpha value is -1.79. The van der Waals surface area contributed by atoms with E-state index in [4.69, 9.17) is 0 Å². The van der Waals surface area contributed by atoms with E-state index in [2.05, 4.69) is 25.7 Å². The summed E-state index contributed by atoms with van der Waals surface area (Å²) in [7, 11) is 0. The van der Waals surface area contributed by atoms with Crippen molar-refractivity contribution in [1.29, 1.82) is 0 Å². The van der Waals surface area contributed by atoms with Crippen LogP contribution in [0.1, 0.15) is 55.5 Å². The number of hydrogen-bond donors (Lipinski definition) is 1. The smallest absolute Gasteiger partial charge is 0.253 e. The number of carbonyl (C=O) groups is 1. The van der Waals surface area contributed by atoms with Gasteiger partial charge in [0.05, 0.1) is 6.10 Å². The maximum atomic E-state index is 12.4. The number of piperidine rings is 1. The largest absolute Gasteiger partial charge is 0.393 e. The average Bonchev–Trinajstić information content (AvgIpc) is 2.52. The van der Waals surface area contributed by atoms with E-state index >= 15 is 0 Å². The fourth-order valence-corrected chi connectivity index (χ4v) is 2.47. The molecule has 0 unspecified atom stereocenters. The monoisotopic (exact) mass is 299 g/mol. The molecule has 1 aliphatic rings. The minimum absolute atomic E-state index is 0.0474. The van der Waals surface area contributed by atoms with Gasteiger partial charge < -0.3 is 10.0 Å². The van der Waals surface area contributed by atoms with Gasteiger partial charge in [-0.05, 0) is 49.4 Å². The highest BCUT2D eigenvalue weighted by Gasteiger charge is 2.21. The molecule has 0 spiro atoms. The van der Waals surface area contributed by atoms with Gasteiger partial charge in [-0.25, -0.2) is 0 Å². The standard InChI is InChI=1S/C19H25NO2/c1-15(2)5-3-4-6-16-7-9-17(10-8-16)19(22)20-13-11-18(21)12-14-20/h7-10,15,18,21H,3,5,11-14H2,1-2H3. The number of hydrogen-bond acceptors (Lipinski definition) is 2. The van der Waals surface area contributed by atoms with Gasteiger partial charge in [0.15, 0.2) is 0 Å². The van der Waals surface area contributed by atoms with E-state index in [1.54, 1.807) is 0 Å². The summed E-state index contributed by atoms with van der Waals surface area (Å²) in [5.41, 5.74) is 1.65. The van der Waals surface area contributed by atoms with Crippen LogP contribution in [-0.4, -0.2) is 35.1 Å². The number of aliphatic hydroxyl groups excluding tert-OH is 1. The normalized spacial score (nSPS) is 15.5. The SMILES string of the molecule is CC(C)CCC#Cc1ccc(C(=O)N2CCC(O)CC2)cc1. The molecule has 0 bridgehead atoms. The zero-order chi connectivity index (χ0) is 15.9. The summed E-state index contributed by atoms with van der Waals surface area (Å²) in [6.07, 6.45) is 3.11. The second-order valence-corrected chi connectivity index (χ2v) is 6.34. The van der Waals surface area contributed by atoms with Gasteiger partial charge in [0.1, 0.15) is 0 Å². The lowest BCUT2D eigenvalue weighted by Gasteiger charge is -2.29. The molecule has 0 atom stereocenters. The van der Waals surface area contributed by atoms with Crippen molar-refractivity contribution in [3.63, 3.8) is 0 Å². The third-order valence-corrected chi connectivity index (χ3v) is 3.96. The predicted octanol–water partition coefficient (Wildman–Crippen LogP) is 3.07. The van der Waals surface area contributed by atoms with Crippen LogP contribution in [-0.2, 0) is 0 Å². The molecule has 118 valence electrons. The lowest BCUT2D eigenvalue weighted by atomic mass is 10.1. The summed E-state index contributed by atoms with van der Waals surface area (Å²) in [5.74, 6) is 7.05. The number of nitrogens with zero attached hydrogens (tertiary/aromatic N) is 1. The molecule has 0 saturated carbocycles. The summed E-state index contributed by atoms with van der Waals surface area (Å²) in [5, 5.41) is 9.50. The summed E-state index contributed by atoms with van der Waals surface area (Å²) in [6, 6.07) is 7.52. The minimum atomic E-state index is -0.257. The third kappa shape index (κ3) is 4.89. The van der Waals surface area contributed by atoms with Crippen LogP contribution in [0, 0.1) is 17.8 Å². The first-order valence-electron chi connectivity index (χ1n) is 8.12. The van der Waals surface area contributed by atoms with Gasteiger partial charge in [-0.15, -0.1) is 0 Å². The molecule has 2 rings (SSSR count). The van der Waals surface area contributed by atoms with Crippen LogP contribution in [0.4, 0.5) is 0 Å². The van der Waals surface area contributed by atoms with E-state index in [0.717, 1.165) is 18.4 Å². The molecule has 0 aromatic heterocycles. The third-order valence-electron chi connectivity index (χ3n) is 3.96. The van der Waals surface area contributed by atoms with Crippen LogP contribution in [0.25, 0.3) is 0 Å². The molecule has 0 aliphatic carbocycles. The van der Waals surface area contributed by atoms with Crippen molar-refractivity contribution in [3.8, 4) is 11.8 Å². The molecule has 0 radical (unpaired) electrons. The number of aliphatic hydroxyl groups is 1. The molecule has 1 aliphatic heterocycles. The number of rotatable bonds is 3. The first kappa shape index (κ1) is 16.6. The Morgan fingerprint density at radius 3 is 2.50 bits per heavy atom. The highest BCUT2D eigenvalue weighted by Crippen LogP contribution is 2.14. The van der Waals surface area contributed by atoms with E-state index in [1.165, 1.54) is 0 Å². The molecule has 1 aromatic carbocycles. The molecule has 1 aromatic rings. The zero-order valence-electron chi connectivity index (χ0n) is 13.5. The van der Waals surface area contributed by atoms with Gasteiger partial charge in [-0.1, -0.05) is 25.7 Å². The Labute approximate surface area is 133 Å². The summed E-state index contributed by atoms with van der Waals surface area (Å²) in [4.78, 5) is 14.2. The van der Waals surface area contributed by atoms with E-state index < -0.39 is 0 Å². The molecule has 3 heteroatoms. The molecular weight excluding hydrogens is 274 g/mol. The Morgan fingerprint density at radius 1 is 1.27 bits per heavy atom. The number of benzene rings is 1. The van der Waals surface area contributed by atoms with Gasteiger partial charge >= 0.3 is 0 Å². The minimum Gasteiger partial charge on any atom is -0.393 e. The Bertz CT molecular complexity index is 543. The van der Waals surface area contributed by atoms with Gasteiger partial charge in [-0.3, -0.25) is 4.79 Å². The van der Waals surface area contributed by atoms with E-state index in [9.17, 15) is 9.90 Å². The van der Waals surface area contributed by atoms with Crippen LogP contribution in [0.5, 0.6) is 0 Å². The quantitative estimate of drug-likeness (QED) is 0.871. The summed E-state index contributed by atoms with van der Waals surface area (Å²) < 4.78 is 0. The van der Waals surface area contributed by atoms with Crippen molar-refractivity contribution >= 4 is 5.91 Å². The first-order chi connectivity index (χ1) is 10.6. The van der Waals surface area contributed by atoms with Crippen molar-refractivity contribution in [3.05, 3.63) is 35.4 Å². The van der Waals surface area contributed by atoms with Gasteiger partial charge in [-0.2, -0.15) is 0 Å². The second-order valence-electron chi connectivity index (χ2n) is 6.34. The number of carbonyl (C=O) groups excluding carboxylic acids is 1. The van der Waals surface area contributed by atoms with Crippen LogP contribution in [0.15, 0.2) is 24.3 Å². The molecule has 1 heterocycles. The fraction of sp³-hybridized carbons (Fsp3) is 0.526. The lowest BCUT2D eigenvalue weighted by molar-refractivity contribution is 0.0546. The van der Waals surface area contributed by atoms with E-state index in [-0.39, 0.29) is 12.0 Å². The topological polar surface area (TPSA) is 40.5 Å². The van der Waals surface area contributed by atoms with Crippen molar-refractivity contribution in [2.24, 2.45) is 5.92 Å². The summed E-state index contributed by atoms with van der Waals surface area (Å²) in [6.45, 7) is 5.66. The molecule has 1 fully saturated rings. The van der Waals surface area contributed by atoms with Crippen molar-refractivity contribution < 1.29 is 9.90 Å². The van der Waals surface area contributed by atoms with Crippen molar-refractivity contribution in [2.75, 3.05) is 13.1 Å². The molecule has 22 heavy (non-hydrogen) atoms. The highest BCUT2D eigenvalue weighted by molar-refractivity contribution is 5.94. The fourth-order valence-electron chi connectivity index (χ4n) is 2.47. The van der Waals surface area contributed by atoms with Crippen molar-refractivity contribution in [1.82, 2.24) is 4.90 Å². The van der Waals surface area contributed by atoms with Gasteiger partial charge in [0, 0.05) is 30.6 Å². The lowest BCUT2D eigenvalue weighted by Crippen LogP contribution is -2.40. The summed E-state index contributed by atoms with van der Waals surface area (Å²) >= 11 is 0. The van der Waals surface area contributed by atoms with Crippen LogP contribution >= 0.6 is 0 Å². The van der Waals surface area contributed by atoms with Gasteiger partial charge in [0.2, 0.25) is 0 Å². The van der Waals surface area contributed by atoms with Crippen molar-refractivity contribution in [2.45, 2.75) is 45.6 Å². The maximum absolute atomic E-state index is 12.4. The van der Waals surface area contributed by atoms with Gasteiger partial charge in [0.25, 0.3) is 5.91 Å². The predicted molar refractivity (Wildman–Crippen MR) is 88.5 cm³/mol. The maximum Gasteiger partial charge on any atom is 0.253 e. The Balaban J connectivity index is 1.92. The average molecular weight is 299 g/mol. The van der Waals surface area contributed by atoms with Crippen LogP contribution in [0.2, 0.25) is 0 Å². The van der Waals surface area contributed by atoms with E-state index in [0.29, 0.717) is 37.4 Å². The highest BCUT2D eigenvalue weighted by atomic mass is 16.3. The number of amides is 1. The zero-order valence-corrected chi connectivity index (χ0v) is 13.5. The van der Waals surface area contributed by atoms with Crippen LogP contribution < -0.4 is 0 Å². The molecular formula is C19H25NO2. The Morgan fingerprint density at radius 2 is 1.91 bits per heavy atom. The number of likely N-dealkylation sites (tertiary alicyclic amines) is 1. The first-order valence-corrected chi connectivity index (χ1v) is 8.12. The second kappa shape index (κ2) is 8.00. The molecule has 3 nitrogen and oxygen atoms in total. The molecule has 1 N–H and O–H groups in total. The van der Waals surface area contributed by atoms with Crippen LogP contribution in [0.3, 0.4) is 0 Å². The van der Waals surface area contributed by atoms with E-state index in [1.807, 2.05) is 29.2 Å². The Kier molecular flexibility index (Phi) is 6.03.